The molecule has 2 aromatic heterocycles. The quantitative estimate of drug-likeness (QED) is 0.697. The van der Waals surface area contributed by atoms with Crippen LogP contribution in [0.15, 0.2) is 23.0 Å². The zero-order chi connectivity index (χ0) is 12.7. The van der Waals surface area contributed by atoms with Gasteiger partial charge in [-0.1, -0.05) is 17.7 Å². The van der Waals surface area contributed by atoms with Gasteiger partial charge in [0.25, 0.3) is 5.56 Å². The van der Waals surface area contributed by atoms with E-state index in [0.717, 1.165) is 16.5 Å². The number of H-pyrrole nitrogens is 2. The molecule has 0 unspecified atom stereocenters. The molecule has 0 fully saturated rings. The molecule has 0 bridgehead atoms. The highest BCUT2D eigenvalue weighted by Crippen LogP contribution is 2.24. The molecule has 6 nitrogen and oxygen atoms in total. The molecule has 2 heterocycles. The number of aromatic amines is 2. The van der Waals surface area contributed by atoms with Crippen LogP contribution >= 0.6 is 11.6 Å². The van der Waals surface area contributed by atoms with Gasteiger partial charge in [0, 0.05) is 5.02 Å². The van der Waals surface area contributed by atoms with Crippen LogP contribution in [0.1, 0.15) is 5.56 Å². The molecule has 0 radical (unpaired) electrons. The van der Waals surface area contributed by atoms with Crippen LogP contribution in [0.5, 0.6) is 0 Å². The van der Waals surface area contributed by atoms with E-state index in [0.29, 0.717) is 10.6 Å². The summed E-state index contributed by atoms with van der Waals surface area (Å²) >= 11 is 6.02. The van der Waals surface area contributed by atoms with E-state index in [2.05, 4.69) is 25.6 Å². The maximum atomic E-state index is 12.0. The minimum atomic E-state index is -0.269. The third kappa shape index (κ3) is 1.58. The lowest BCUT2D eigenvalue weighted by molar-refractivity contribution is 0.881. The van der Waals surface area contributed by atoms with Crippen LogP contribution in [-0.4, -0.2) is 25.6 Å². The van der Waals surface area contributed by atoms with Gasteiger partial charge in [-0.05, 0) is 35.2 Å². The van der Waals surface area contributed by atoms with Gasteiger partial charge in [-0.15, -0.1) is 10.2 Å². The smallest absolute Gasteiger partial charge is 0.259 e. The molecular formula is C11H8ClN5O. The van der Waals surface area contributed by atoms with E-state index < -0.39 is 0 Å². The molecule has 0 saturated heterocycles. The van der Waals surface area contributed by atoms with E-state index in [9.17, 15) is 4.79 Å². The Hall–Kier alpha value is -2.21. The number of aryl methyl sites for hydroxylation is 1. The first-order valence-corrected chi connectivity index (χ1v) is 5.60. The van der Waals surface area contributed by atoms with Gasteiger partial charge in [-0.25, -0.2) is 0 Å². The molecule has 3 aromatic rings. The lowest BCUT2D eigenvalue weighted by Crippen LogP contribution is -2.10. The number of rotatable bonds is 1. The van der Waals surface area contributed by atoms with Crippen molar-refractivity contribution in [2.24, 2.45) is 0 Å². The van der Waals surface area contributed by atoms with Gasteiger partial charge < -0.3 is 4.98 Å². The SMILES string of the molecule is Cc1c(Cl)ccc2cc(-c3nn[nH]n3)c(=O)[nH]c12. The zero-order valence-corrected chi connectivity index (χ0v) is 10.1. The summed E-state index contributed by atoms with van der Waals surface area (Å²) in [6.45, 7) is 1.86. The predicted molar refractivity (Wildman–Crippen MR) is 67.5 cm³/mol. The second kappa shape index (κ2) is 3.92. The van der Waals surface area contributed by atoms with Crippen LogP contribution in [0.2, 0.25) is 5.02 Å². The first-order valence-electron chi connectivity index (χ1n) is 5.23. The fourth-order valence-corrected chi connectivity index (χ4v) is 1.99. The molecule has 0 aliphatic rings. The zero-order valence-electron chi connectivity index (χ0n) is 9.36. The van der Waals surface area contributed by atoms with E-state index in [-0.39, 0.29) is 11.4 Å². The van der Waals surface area contributed by atoms with Crippen molar-refractivity contribution in [3.05, 3.63) is 39.1 Å². The molecule has 0 saturated carbocycles. The summed E-state index contributed by atoms with van der Waals surface area (Å²) < 4.78 is 0. The first kappa shape index (κ1) is 10.9. The summed E-state index contributed by atoms with van der Waals surface area (Å²) in [6, 6.07) is 5.35. The number of aromatic nitrogens is 5. The van der Waals surface area contributed by atoms with Gasteiger partial charge >= 0.3 is 0 Å². The van der Waals surface area contributed by atoms with E-state index in [1.807, 2.05) is 13.0 Å². The topological polar surface area (TPSA) is 87.3 Å². The highest BCUT2D eigenvalue weighted by molar-refractivity contribution is 6.32. The molecule has 0 aliphatic heterocycles. The number of tetrazole rings is 1. The first-order chi connectivity index (χ1) is 8.66. The Morgan fingerprint density at radius 1 is 1.33 bits per heavy atom. The van der Waals surface area contributed by atoms with Crippen LogP contribution in [0.25, 0.3) is 22.3 Å². The van der Waals surface area contributed by atoms with E-state index in [1.54, 1.807) is 12.1 Å². The van der Waals surface area contributed by atoms with Crippen LogP contribution < -0.4 is 5.56 Å². The van der Waals surface area contributed by atoms with E-state index in [1.165, 1.54) is 0 Å². The minimum Gasteiger partial charge on any atom is -0.321 e. The number of benzene rings is 1. The molecule has 90 valence electrons. The van der Waals surface area contributed by atoms with Gasteiger partial charge in [-0.2, -0.15) is 5.21 Å². The van der Waals surface area contributed by atoms with Crippen LogP contribution in [0.4, 0.5) is 0 Å². The highest BCUT2D eigenvalue weighted by Gasteiger charge is 2.11. The second-order valence-corrected chi connectivity index (χ2v) is 4.29. The summed E-state index contributed by atoms with van der Waals surface area (Å²) in [7, 11) is 0. The van der Waals surface area contributed by atoms with Crippen molar-refractivity contribution < 1.29 is 0 Å². The largest absolute Gasteiger partial charge is 0.321 e. The van der Waals surface area contributed by atoms with Crippen LogP contribution in [0, 0.1) is 6.92 Å². The summed E-state index contributed by atoms with van der Waals surface area (Å²) in [5.41, 5.74) is 1.66. The summed E-state index contributed by atoms with van der Waals surface area (Å²) in [4.78, 5) is 14.8. The lowest BCUT2D eigenvalue weighted by Gasteiger charge is -2.05. The predicted octanol–water partition coefficient (Wildman–Crippen LogP) is 1.67. The molecule has 7 heteroatoms. The lowest BCUT2D eigenvalue weighted by atomic mass is 10.1. The Labute approximate surface area is 106 Å². The Balaban J connectivity index is 2.36. The number of fused-ring (bicyclic) bond motifs is 1. The van der Waals surface area contributed by atoms with Crippen LogP contribution in [-0.2, 0) is 0 Å². The third-order valence-corrected chi connectivity index (χ3v) is 3.21. The third-order valence-electron chi connectivity index (χ3n) is 2.80. The Bertz CT molecular complexity index is 778. The van der Waals surface area contributed by atoms with Crippen molar-refractivity contribution in [1.82, 2.24) is 25.6 Å². The van der Waals surface area contributed by atoms with E-state index in [4.69, 9.17) is 11.6 Å². The van der Waals surface area contributed by atoms with E-state index >= 15 is 0 Å². The van der Waals surface area contributed by atoms with Crippen molar-refractivity contribution >= 4 is 22.5 Å². The molecular weight excluding hydrogens is 254 g/mol. The number of halogens is 1. The standard InChI is InChI=1S/C11H8ClN5O/c1-5-8(12)3-2-6-4-7(10-14-16-17-15-10)11(18)13-9(5)6/h2-4H,1H3,(H,13,18)(H,14,15,16,17). The van der Waals surface area contributed by atoms with Crippen molar-refractivity contribution in [3.63, 3.8) is 0 Å². The van der Waals surface area contributed by atoms with Gasteiger partial charge in [0.2, 0.25) is 5.82 Å². The molecule has 1 aromatic carbocycles. The second-order valence-electron chi connectivity index (χ2n) is 3.88. The Morgan fingerprint density at radius 2 is 2.17 bits per heavy atom. The number of nitrogens with zero attached hydrogens (tertiary/aromatic N) is 3. The molecule has 18 heavy (non-hydrogen) atoms. The van der Waals surface area contributed by atoms with Crippen molar-refractivity contribution in [2.75, 3.05) is 0 Å². The number of hydrogen-bond donors (Lipinski definition) is 2. The fraction of sp³-hybridized carbons (Fsp3) is 0.0909. The normalized spacial score (nSPS) is 11.0. The Kier molecular flexibility index (Phi) is 2.38. The molecule has 2 N–H and O–H groups in total. The van der Waals surface area contributed by atoms with Crippen molar-refractivity contribution in [1.29, 1.82) is 0 Å². The Morgan fingerprint density at radius 3 is 2.89 bits per heavy atom. The maximum absolute atomic E-state index is 12.0. The number of nitrogens with one attached hydrogen (secondary N) is 2. The molecule has 0 atom stereocenters. The summed E-state index contributed by atoms with van der Waals surface area (Å²) in [5.74, 6) is 0.269. The molecule has 3 rings (SSSR count). The summed E-state index contributed by atoms with van der Waals surface area (Å²) in [5, 5.41) is 14.9. The highest BCUT2D eigenvalue weighted by atomic mass is 35.5. The van der Waals surface area contributed by atoms with Crippen molar-refractivity contribution in [3.8, 4) is 11.4 Å². The van der Waals surface area contributed by atoms with Gasteiger partial charge in [-0.3, -0.25) is 4.79 Å². The number of hydrogen-bond acceptors (Lipinski definition) is 4. The average molecular weight is 262 g/mol. The van der Waals surface area contributed by atoms with Gasteiger partial charge in [0.15, 0.2) is 0 Å². The van der Waals surface area contributed by atoms with Crippen molar-refractivity contribution in [2.45, 2.75) is 6.92 Å². The molecule has 0 aliphatic carbocycles. The van der Waals surface area contributed by atoms with Gasteiger partial charge in [0.05, 0.1) is 11.1 Å². The average Bonchev–Trinajstić information content (AvgIpc) is 2.88. The fourth-order valence-electron chi connectivity index (χ4n) is 1.84. The minimum absolute atomic E-state index is 0.269. The maximum Gasteiger partial charge on any atom is 0.259 e. The van der Waals surface area contributed by atoms with Gasteiger partial charge in [0.1, 0.15) is 0 Å². The molecule has 0 spiro atoms. The number of pyridine rings is 1. The van der Waals surface area contributed by atoms with Crippen LogP contribution in [0.3, 0.4) is 0 Å². The molecule has 0 amide bonds. The monoisotopic (exact) mass is 261 g/mol. The summed E-state index contributed by atoms with van der Waals surface area (Å²) in [6.07, 6.45) is 0.